The molecule has 0 spiro atoms. The Morgan fingerprint density at radius 2 is 2.13 bits per heavy atom. The molecule has 15 heavy (non-hydrogen) atoms. The lowest BCUT2D eigenvalue weighted by molar-refractivity contribution is -0.116. The fraction of sp³-hybridized carbons (Fsp3) is 0.222. The van der Waals surface area contributed by atoms with Crippen molar-refractivity contribution >= 4 is 34.8 Å². The Kier molecular flexibility index (Phi) is 2.84. The Morgan fingerprint density at radius 3 is 2.67 bits per heavy atom. The van der Waals surface area contributed by atoms with Gasteiger partial charge in [0.25, 0.3) is 0 Å². The number of halogens is 2. The van der Waals surface area contributed by atoms with E-state index in [1.165, 1.54) is 4.90 Å². The third-order valence-electron chi connectivity index (χ3n) is 2.19. The monoisotopic (exact) mass is 245 g/mol. The summed E-state index contributed by atoms with van der Waals surface area (Å²) in [5.41, 5.74) is 6.35. The third-order valence-corrected chi connectivity index (χ3v) is 2.93. The lowest BCUT2D eigenvalue weighted by atomic mass is 10.3. The second kappa shape index (κ2) is 3.98. The van der Waals surface area contributed by atoms with E-state index >= 15 is 0 Å². The van der Waals surface area contributed by atoms with E-state index < -0.39 is 6.29 Å². The molecule has 1 aromatic carbocycles. The van der Waals surface area contributed by atoms with Gasteiger partial charge in [-0.05, 0) is 18.2 Å². The average Bonchev–Trinajstić information content (AvgIpc) is 2.52. The molecule has 1 aliphatic rings. The van der Waals surface area contributed by atoms with Crippen molar-refractivity contribution in [1.82, 2.24) is 5.32 Å². The maximum Gasteiger partial charge on any atom is 0.243 e. The van der Waals surface area contributed by atoms with Crippen LogP contribution in [-0.2, 0) is 4.79 Å². The molecule has 80 valence electrons. The molecule has 0 radical (unpaired) electrons. The van der Waals surface area contributed by atoms with Crippen LogP contribution in [0.2, 0.25) is 10.0 Å². The normalized spacial score (nSPS) is 21.1. The molecule has 0 saturated carbocycles. The summed E-state index contributed by atoms with van der Waals surface area (Å²) < 4.78 is 0. The maximum atomic E-state index is 11.5. The number of hydrogen-bond acceptors (Lipinski definition) is 3. The molecule has 3 N–H and O–H groups in total. The quantitative estimate of drug-likeness (QED) is 0.782. The van der Waals surface area contributed by atoms with E-state index in [4.69, 9.17) is 28.9 Å². The summed E-state index contributed by atoms with van der Waals surface area (Å²) in [6.45, 7) is 0.238. The van der Waals surface area contributed by atoms with Crippen molar-refractivity contribution in [2.75, 3.05) is 11.4 Å². The van der Waals surface area contributed by atoms with Gasteiger partial charge in [-0.25, -0.2) is 0 Å². The number of carbonyl (C=O) groups is 1. The first kappa shape index (κ1) is 10.7. The van der Waals surface area contributed by atoms with Gasteiger partial charge in [-0.1, -0.05) is 23.2 Å². The Bertz CT molecular complexity index is 410. The summed E-state index contributed by atoms with van der Waals surface area (Å²) in [4.78, 5) is 12.9. The van der Waals surface area contributed by atoms with Crippen molar-refractivity contribution in [2.45, 2.75) is 6.29 Å². The number of hydrogen-bond donors (Lipinski definition) is 2. The van der Waals surface area contributed by atoms with Gasteiger partial charge in [-0.3, -0.25) is 20.7 Å². The molecule has 1 fully saturated rings. The van der Waals surface area contributed by atoms with E-state index in [1.807, 2.05) is 0 Å². The van der Waals surface area contributed by atoms with Crippen LogP contribution in [0, 0.1) is 0 Å². The highest BCUT2D eigenvalue weighted by atomic mass is 35.5. The molecular formula is C9H9Cl2N3O. The Morgan fingerprint density at radius 1 is 1.40 bits per heavy atom. The Hall–Kier alpha value is -0.810. The molecule has 0 aliphatic carbocycles. The van der Waals surface area contributed by atoms with Gasteiger partial charge in [0.1, 0.15) is 6.29 Å². The van der Waals surface area contributed by atoms with Crippen molar-refractivity contribution in [1.29, 1.82) is 0 Å². The molecule has 1 unspecified atom stereocenters. The van der Waals surface area contributed by atoms with Crippen LogP contribution < -0.4 is 16.0 Å². The van der Waals surface area contributed by atoms with E-state index in [-0.39, 0.29) is 12.5 Å². The number of amides is 1. The minimum absolute atomic E-state index is 0.0825. The first-order valence-electron chi connectivity index (χ1n) is 4.35. The number of rotatable bonds is 1. The van der Waals surface area contributed by atoms with Gasteiger partial charge in [-0.15, -0.1) is 0 Å². The van der Waals surface area contributed by atoms with Crippen molar-refractivity contribution in [3.63, 3.8) is 0 Å². The van der Waals surface area contributed by atoms with E-state index in [2.05, 4.69) is 5.32 Å². The first-order valence-corrected chi connectivity index (χ1v) is 5.11. The smallest absolute Gasteiger partial charge is 0.243 e. The van der Waals surface area contributed by atoms with E-state index in [1.54, 1.807) is 18.2 Å². The number of nitrogens with zero attached hydrogens (tertiary/aromatic N) is 1. The second-order valence-electron chi connectivity index (χ2n) is 3.19. The zero-order valence-corrected chi connectivity index (χ0v) is 9.22. The van der Waals surface area contributed by atoms with Gasteiger partial charge < -0.3 is 0 Å². The minimum atomic E-state index is -0.505. The van der Waals surface area contributed by atoms with E-state index in [9.17, 15) is 4.79 Å². The first-order chi connectivity index (χ1) is 7.09. The lowest BCUT2D eigenvalue weighted by Crippen LogP contribution is -2.44. The summed E-state index contributed by atoms with van der Waals surface area (Å²) >= 11 is 11.6. The summed E-state index contributed by atoms with van der Waals surface area (Å²) in [6, 6.07) is 4.96. The Labute approximate surface area is 96.9 Å². The molecule has 1 aliphatic heterocycles. The summed E-state index contributed by atoms with van der Waals surface area (Å²) in [5.74, 6) is -0.0825. The predicted octanol–water partition coefficient (Wildman–Crippen LogP) is 1.17. The summed E-state index contributed by atoms with van der Waals surface area (Å²) in [7, 11) is 0. The van der Waals surface area contributed by atoms with Gasteiger partial charge in [0, 0.05) is 5.69 Å². The molecule has 2 rings (SSSR count). The van der Waals surface area contributed by atoms with Crippen LogP contribution in [-0.4, -0.2) is 18.7 Å². The number of benzene rings is 1. The number of anilines is 1. The molecule has 6 heteroatoms. The summed E-state index contributed by atoms with van der Waals surface area (Å²) in [5, 5.41) is 3.69. The van der Waals surface area contributed by atoms with Gasteiger partial charge in [0.15, 0.2) is 0 Å². The van der Waals surface area contributed by atoms with Crippen molar-refractivity contribution in [2.24, 2.45) is 5.73 Å². The zero-order chi connectivity index (χ0) is 11.0. The van der Waals surface area contributed by atoms with Crippen LogP contribution in [0.1, 0.15) is 0 Å². The highest BCUT2D eigenvalue weighted by Crippen LogP contribution is 2.28. The summed E-state index contributed by atoms with van der Waals surface area (Å²) in [6.07, 6.45) is -0.505. The zero-order valence-electron chi connectivity index (χ0n) is 7.71. The molecule has 1 atom stereocenters. The average molecular weight is 246 g/mol. The molecule has 1 aromatic rings. The van der Waals surface area contributed by atoms with Crippen molar-refractivity contribution in [3.05, 3.63) is 28.2 Å². The molecule has 4 nitrogen and oxygen atoms in total. The van der Waals surface area contributed by atoms with Gasteiger partial charge in [0.2, 0.25) is 5.91 Å². The number of nitrogens with one attached hydrogen (secondary N) is 1. The lowest BCUT2D eigenvalue weighted by Gasteiger charge is -2.20. The molecule has 0 bridgehead atoms. The van der Waals surface area contributed by atoms with Gasteiger partial charge in [0.05, 0.1) is 16.6 Å². The van der Waals surface area contributed by atoms with Crippen LogP contribution in [0.25, 0.3) is 0 Å². The van der Waals surface area contributed by atoms with Crippen LogP contribution in [0.3, 0.4) is 0 Å². The minimum Gasteiger partial charge on any atom is -0.298 e. The molecule has 1 saturated heterocycles. The molecule has 1 amide bonds. The van der Waals surface area contributed by atoms with Crippen LogP contribution in [0.15, 0.2) is 18.2 Å². The van der Waals surface area contributed by atoms with Crippen LogP contribution in [0.4, 0.5) is 5.69 Å². The van der Waals surface area contributed by atoms with E-state index in [0.29, 0.717) is 15.7 Å². The van der Waals surface area contributed by atoms with Crippen molar-refractivity contribution < 1.29 is 4.79 Å². The molecule has 1 heterocycles. The SMILES string of the molecule is NC1NCC(=O)N1c1ccc(Cl)c(Cl)c1. The molecular weight excluding hydrogens is 237 g/mol. The standard InChI is InChI=1S/C9H9Cl2N3O/c10-6-2-1-5(3-7(6)11)14-8(15)4-13-9(14)12/h1-3,9,13H,4,12H2. The fourth-order valence-electron chi connectivity index (χ4n) is 1.46. The Balaban J connectivity index is 2.36. The topological polar surface area (TPSA) is 58.4 Å². The fourth-order valence-corrected chi connectivity index (χ4v) is 1.76. The molecule has 0 aromatic heterocycles. The van der Waals surface area contributed by atoms with Crippen LogP contribution >= 0.6 is 23.2 Å². The largest absolute Gasteiger partial charge is 0.298 e. The number of nitrogens with two attached hydrogens (primary N) is 1. The highest BCUT2D eigenvalue weighted by molar-refractivity contribution is 6.42. The van der Waals surface area contributed by atoms with Gasteiger partial charge in [-0.2, -0.15) is 0 Å². The van der Waals surface area contributed by atoms with E-state index in [0.717, 1.165) is 0 Å². The maximum absolute atomic E-state index is 11.5. The van der Waals surface area contributed by atoms with Gasteiger partial charge >= 0.3 is 0 Å². The predicted molar refractivity (Wildman–Crippen MR) is 59.9 cm³/mol. The highest BCUT2D eigenvalue weighted by Gasteiger charge is 2.28. The third kappa shape index (κ3) is 1.94. The van der Waals surface area contributed by atoms with Crippen molar-refractivity contribution in [3.8, 4) is 0 Å². The number of carbonyl (C=O) groups excluding carboxylic acids is 1. The van der Waals surface area contributed by atoms with Crippen LogP contribution in [0.5, 0.6) is 0 Å². The second-order valence-corrected chi connectivity index (χ2v) is 4.00.